The lowest BCUT2D eigenvalue weighted by atomic mass is 9.78. The van der Waals surface area contributed by atoms with Gasteiger partial charge in [0.1, 0.15) is 11.4 Å². The molecule has 0 radical (unpaired) electrons. The molecular weight excluding hydrogens is 439 g/mol. The van der Waals surface area contributed by atoms with Crippen LogP contribution < -0.4 is 0 Å². The number of aliphatic carboxylic acids is 1. The maximum atomic E-state index is 13.6. The predicted molar refractivity (Wildman–Crippen MR) is 110 cm³/mol. The molecule has 2 aromatic rings. The second-order valence-corrected chi connectivity index (χ2v) is 8.82. The molecule has 32 heavy (non-hydrogen) atoms. The number of imide groups is 1. The van der Waals surface area contributed by atoms with Crippen LogP contribution in [-0.2, 0) is 25.7 Å². The Hall–Kier alpha value is -3.26. The fourth-order valence-electron chi connectivity index (χ4n) is 5.53. The molecule has 4 atom stereocenters. The van der Waals surface area contributed by atoms with E-state index in [1.807, 2.05) is 0 Å². The quantitative estimate of drug-likeness (QED) is 0.714. The Morgan fingerprint density at radius 3 is 2.38 bits per heavy atom. The first-order valence-electron chi connectivity index (χ1n) is 10.2. The maximum absolute atomic E-state index is 13.6. The molecule has 1 spiro atoms. The van der Waals surface area contributed by atoms with E-state index >= 15 is 0 Å². The van der Waals surface area contributed by atoms with Gasteiger partial charge in [-0.05, 0) is 41.8 Å². The smallest absolute Gasteiger partial charge is 0.309 e. The highest BCUT2D eigenvalue weighted by Crippen LogP contribution is 2.60. The van der Waals surface area contributed by atoms with E-state index < -0.39 is 47.0 Å². The highest BCUT2D eigenvalue weighted by Gasteiger charge is 2.76. The molecule has 0 aromatic heterocycles. The second-order valence-electron chi connectivity index (χ2n) is 8.38. The zero-order valence-corrected chi connectivity index (χ0v) is 17.5. The number of carbonyl (C=O) groups is 4. The molecular formula is C23H18ClFN2O5. The Labute approximate surface area is 187 Å². The van der Waals surface area contributed by atoms with Crippen molar-refractivity contribution in [3.8, 4) is 0 Å². The number of likely N-dealkylation sites (tertiary alicyclic amines) is 1. The summed E-state index contributed by atoms with van der Waals surface area (Å²) in [5, 5.41) is 10.6. The number of carboxylic acid groups (broad SMARTS) is 1. The fraction of sp³-hybridized carbons (Fsp3) is 0.304. The van der Waals surface area contributed by atoms with Gasteiger partial charge >= 0.3 is 5.97 Å². The lowest BCUT2D eigenvalue weighted by Gasteiger charge is -2.33. The van der Waals surface area contributed by atoms with Crippen LogP contribution in [0.4, 0.5) is 4.39 Å². The fourth-order valence-corrected chi connectivity index (χ4v) is 5.65. The minimum Gasteiger partial charge on any atom is -0.481 e. The van der Waals surface area contributed by atoms with Crippen molar-refractivity contribution in [3.63, 3.8) is 0 Å². The molecule has 0 unspecified atom stereocenters. The Morgan fingerprint density at radius 2 is 1.75 bits per heavy atom. The maximum Gasteiger partial charge on any atom is 0.309 e. The van der Waals surface area contributed by atoms with E-state index in [1.54, 1.807) is 24.3 Å². The number of rotatable bonds is 4. The monoisotopic (exact) mass is 456 g/mol. The summed E-state index contributed by atoms with van der Waals surface area (Å²) >= 11 is 5.97. The summed E-state index contributed by atoms with van der Waals surface area (Å²) in [6, 6.07) is 10.8. The lowest BCUT2D eigenvalue weighted by molar-refractivity contribution is -0.152. The van der Waals surface area contributed by atoms with Crippen molar-refractivity contribution in [2.45, 2.75) is 31.0 Å². The lowest BCUT2D eigenvalue weighted by Crippen LogP contribution is -2.50. The van der Waals surface area contributed by atoms with Gasteiger partial charge in [-0.2, -0.15) is 0 Å². The molecule has 1 N–H and O–H groups in total. The van der Waals surface area contributed by atoms with E-state index in [4.69, 9.17) is 11.6 Å². The van der Waals surface area contributed by atoms with Crippen LogP contribution in [0.5, 0.6) is 0 Å². The summed E-state index contributed by atoms with van der Waals surface area (Å²) < 4.78 is 13.3. The summed E-state index contributed by atoms with van der Waals surface area (Å²) in [7, 11) is 0. The van der Waals surface area contributed by atoms with Gasteiger partial charge in [0.25, 0.3) is 5.91 Å². The van der Waals surface area contributed by atoms with Gasteiger partial charge in [0.15, 0.2) is 0 Å². The van der Waals surface area contributed by atoms with Crippen LogP contribution in [0.25, 0.3) is 0 Å². The van der Waals surface area contributed by atoms with Gasteiger partial charge in [-0.15, -0.1) is 0 Å². The second kappa shape index (κ2) is 7.13. The van der Waals surface area contributed by atoms with E-state index in [0.29, 0.717) is 16.1 Å². The Morgan fingerprint density at radius 1 is 1.09 bits per heavy atom. The van der Waals surface area contributed by atoms with Crippen molar-refractivity contribution in [1.82, 2.24) is 9.80 Å². The van der Waals surface area contributed by atoms with Crippen LogP contribution in [0.15, 0.2) is 48.5 Å². The third-order valence-corrected chi connectivity index (χ3v) is 7.06. The summed E-state index contributed by atoms with van der Waals surface area (Å²) in [5.74, 6) is -5.74. The average molecular weight is 457 g/mol. The van der Waals surface area contributed by atoms with Gasteiger partial charge in [0, 0.05) is 11.4 Å². The normalized spacial score (nSPS) is 28.9. The average Bonchev–Trinajstić information content (AvgIpc) is 3.32. The molecule has 3 heterocycles. The van der Waals surface area contributed by atoms with E-state index in [9.17, 15) is 28.7 Å². The van der Waals surface area contributed by atoms with Gasteiger partial charge in [0.05, 0.1) is 24.4 Å². The molecule has 0 saturated carbocycles. The van der Waals surface area contributed by atoms with Gasteiger partial charge in [-0.3, -0.25) is 24.1 Å². The highest BCUT2D eigenvalue weighted by atomic mass is 35.5. The summed E-state index contributed by atoms with van der Waals surface area (Å²) in [6.07, 6.45) is 0.130. The van der Waals surface area contributed by atoms with E-state index in [-0.39, 0.29) is 25.3 Å². The summed E-state index contributed by atoms with van der Waals surface area (Å²) in [6.45, 7) is -0.115. The van der Waals surface area contributed by atoms with Crippen LogP contribution in [0, 0.1) is 17.7 Å². The SMILES string of the molecule is O=C(O)[C@@H]1[C@H]2C(=O)N(Cc3ccc(F)cc3)C(=O)[C@]23CCC(=O)N3[C@H]1c1ccc(Cl)cc1. The van der Waals surface area contributed by atoms with Gasteiger partial charge < -0.3 is 10.0 Å². The van der Waals surface area contributed by atoms with Gasteiger partial charge in [-0.1, -0.05) is 35.9 Å². The molecule has 3 aliphatic heterocycles. The first-order valence-corrected chi connectivity index (χ1v) is 10.5. The molecule has 7 nitrogen and oxygen atoms in total. The number of hydrogen-bond acceptors (Lipinski definition) is 4. The van der Waals surface area contributed by atoms with Gasteiger partial charge in [-0.25, -0.2) is 4.39 Å². The van der Waals surface area contributed by atoms with Crippen LogP contribution in [-0.4, -0.2) is 44.1 Å². The first-order chi connectivity index (χ1) is 15.3. The van der Waals surface area contributed by atoms with Crippen molar-refractivity contribution in [2.75, 3.05) is 0 Å². The van der Waals surface area contributed by atoms with Crippen LogP contribution >= 0.6 is 11.6 Å². The Bertz CT molecular complexity index is 1150. The Balaban J connectivity index is 1.60. The van der Waals surface area contributed by atoms with Crippen LogP contribution in [0.3, 0.4) is 0 Å². The summed E-state index contributed by atoms with van der Waals surface area (Å²) in [5.41, 5.74) is -0.486. The van der Waals surface area contributed by atoms with Crippen molar-refractivity contribution in [2.24, 2.45) is 11.8 Å². The predicted octanol–water partition coefficient (Wildman–Crippen LogP) is 2.78. The molecule has 0 aliphatic carbocycles. The number of benzene rings is 2. The van der Waals surface area contributed by atoms with Crippen molar-refractivity contribution in [3.05, 3.63) is 70.5 Å². The van der Waals surface area contributed by atoms with E-state index in [1.165, 1.54) is 29.2 Å². The number of amides is 3. The van der Waals surface area contributed by atoms with Crippen molar-refractivity contribution in [1.29, 1.82) is 0 Å². The minimum absolute atomic E-state index is 0.0519. The first kappa shape index (κ1) is 20.6. The summed E-state index contributed by atoms with van der Waals surface area (Å²) in [4.78, 5) is 54.8. The molecule has 164 valence electrons. The highest BCUT2D eigenvalue weighted by molar-refractivity contribution is 6.30. The van der Waals surface area contributed by atoms with E-state index in [0.717, 1.165) is 4.90 Å². The van der Waals surface area contributed by atoms with Gasteiger partial charge in [0.2, 0.25) is 11.8 Å². The number of carbonyl (C=O) groups excluding carboxylic acids is 3. The molecule has 3 fully saturated rings. The molecule has 3 aliphatic rings. The molecule has 9 heteroatoms. The van der Waals surface area contributed by atoms with Crippen LogP contribution in [0.2, 0.25) is 5.02 Å². The molecule has 5 rings (SSSR count). The molecule has 0 bridgehead atoms. The molecule has 2 aromatic carbocycles. The van der Waals surface area contributed by atoms with Crippen molar-refractivity contribution < 1.29 is 28.7 Å². The van der Waals surface area contributed by atoms with E-state index in [2.05, 4.69) is 0 Å². The number of halogens is 2. The molecule has 3 amide bonds. The zero-order valence-electron chi connectivity index (χ0n) is 16.7. The topological polar surface area (TPSA) is 95.0 Å². The third-order valence-electron chi connectivity index (χ3n) is 6.81. The number of carboxylic acids is 1. The zero-order chi connectivity index (χ0) is 22.8. The Kier molecular flexibility index (Phi) is 4.60. The minimum atomic E-state index is -1.53. The molecule has 3 saturated heterocycles. The van der Waals surface area contributed by atoms with Crippen LogP contribution in [0.1, 0.15) is 30.0 Å². The standard InChI is InChI=1S/C23H18ClFN2O5/c24-14-5-3-13(4-6-14)19-17(21(30)31)18-20(29)26(11-12-1-7-15(25)8-2-12)22(32)23(18)10-9-16(28)27(19)23/h1-8,17-19H,9-11H2,(H,30,31)/t17-,18+,19+,23+/m1/s1. The third kappa shape index (κ3) is 2.72. The number of nitrogens with zero attached hydrogens (tertiary/aromatic N) is 2. The number of hydrogen-bond donors (Lipinski definition) is 1. The van der Waals surface area contributed by atoms with Crippen molar-refractivity contribution >= 4 is 35.3 Å². The largest absolute Gasteiger partial charge is 0.481 e.